The molecule has 31 heavy (non-hydrogen) atoms. The first kappa shape index (κ1) is 20.9. The number of hydrogen-bond donors (Lipinski definition) is 3. The quantitative estimate of drug-likeness (QED) is 0.411. The lowest BCUT2D eigenvalue weighted by Crippen LogP contribution is -2.46. The summed E-state index contributed by atoms with van der Waals surface area (Å²) in [5.41, 5.74) is -0.114. The second-order valence-electron chi connectivity index (χ2n) is 7.86. The van der Waals surface area contributed by atoms with Gasteiger partial charge in [-0.05, 0) is 32.0 Å². The molecule has 2 atom stereocenters. The van der Waals surface area contributed by atoms with Gasteiger partial charge in [0.05, 0.1) is 25.5 Å². The molecular weight excluding hydrogens is 396 g/mol. The van der Waals surface area contributed by atoms with Gasteiger partial charge in [-0.2, -0.15) is 0 Å². The molecule has 0 aliphatic carbocycles. The molecule has 4 rings (SSSR count). The van der Waals surface area contributed by atoms with Crippen LogP contribution in [-0.4, -0.2) is 39.0 Å². The van der Waals surface area contributed by atoms with Crippen LogP contribution in [-0.2, 0) is 19.2 Å². The van der Waals surface area contributed by atoms with Crippen LogP contribution < -0.4 is 15.4 Å². The number of nitrogens with one attached hydrogen (secondary N) is 2. The average Bonchev–Trinajstić information content (AvgIpc) is 3.42. The molecule has 164 valence electrons. The van der Waals surface area contributed by atoms with E-state index in [-0.39, 0.29) is 12.6 Å². The molecule has 1 aliphatic heterocycles. The number of guanidine groups is 1. The minimum absolute atomic E-state index is 0.0333. The van der Waals surface area contributed by atoms with Crippen LogP contribution in [0.5, 0.6) is 5.75 Å². The normalized spacial score (nSPS) is 18.1. The molecule has 1 aliphatic rings. The van der Waals surface area contributed by atoms with Crippen LogP contribution in [0.2, 0.25) is 0 Å². The lowest BCUT2D eigenvalue weighted by molar-refractivity contribution is 0.0385. The number of nitrogens with zero attached hydrogens (tertiary/aromatic N) is 4. The summed E-state index contributed by atoms with van der Waals surface area (Å²) in [6.07, 6.45) is 2.35. The van der Waals surface area contributed by atoms with Gasteiger partial charge >= 0.3 is 0 Å². The van der Waals surface area contributed by atoms with E-state index < -0.39 is 5.60 Å². The van der Waals surface area contributed by atoms with Crippen molar-refractivity contribution in [2.45, 2.75) is 38.5 Å². The highest BCUT2D eigenvalue weighted by atomic mass is 16.5. The van der Waals surface area contributed by atoms with Crippen LogP contribution in [0.1, 0.15) is 42.4 Å². The number of para-hydroxylation sites is 1. The predicted octanol–water partition coefficient (Wildman–Crippen LogP) is 2.18. The first-order valence-corrected chi connectivity index (χ1v) is 10.3. The summed E-state index contributed by atoms with van der Waals surface area (Å²) in [5.74, 6) is 3.50. The van der Waals surface area contributed by atoms with E-state index in [1.807, 2.05) is 36.7 Å². The van der Waals surface area contributed by atoms with Crippen molar-refractivity contribution in [3.63, 3.8) is 0 Å². The monoisotopic (exact) mass is 424 g/mol. The van der Waals surface area contributed by atoms with Gasteiger partial charge in [0.1, 0.15) is 29.5 Å². The van der Waals surface area contributed by atoms with E-state index in [9.17, 15) is 5.11 Å². The van der Waals surface area contributed by atoms with Gasteiger partial charge < -0.3 is 29.5 Å². The van der Waals surface area contributed by atoms with Gasteiger partial charge in [0.25, 0.3) is 0 Å². The van der Waals surface area contributed by atoms with Crippen LogP contribution in [0, 0.1) is 6.92 Å². The number of aromatic nitrogens is 3. The summed E-state index contributed by atoms with van der Waals surface area (Å²) in [6, 6.07) is 11.5. The molecule has 2 unspecified atom stereocenters. The number of rotatable bonds is 6. The van der Waals surface area contributed by atoms with E-state index in [1.165, 1.54) is 0 Å². The molecule has 0 fully saturated rings. The lowest BCUT2D eigenvalue weighted by atomic mass is 10.0. The Labute approximate surface area is 181 Å². The van der Waals surface area contributed by atoms with Gasteiger partial charge in [-0.3, -0.25) is 0 Å². The summed E-state index contributed by atoms with van der Waals surface area (Å²) >= 11 is 0. The van der Waals surface area contributed by atoms with Crippen molar-refractivity contribution in [3.05, 3.63) is 65.6 Å². The highest BCUT2D eigenvalue weighted by molar-refractivity contribution is 5.80. The van der Waals surface area contributed by atoms with E-state index in [4.69, 9.17) is 14.1 Å². The van der Waals surface area contributed by atoms with Crippen molar-refractivity contribution in [1.82, 2.24) is 25.4 Å². The van der Waals surface area contributed by atoms with Gasteiger partial charge in [0.15, 0.2) is 11.8 Å². The zero-order valence-corrected chi connectivity index (χ0v) is 18.0. The molecule has 3 aromatic rings. The number of benzene rings is 1. The van der Waals surface area contributed by atoms with Crippen molar-refractivity contribution in [1.29, 1.82) is 0 Å². The number of hydrogen-bond acceptors (Lipinski definition) is 6. The largest absolute Gasteiger partial charge is 0.493 e. The molecule has 0 radical (unpaired) electrons. The lowest BCUT2D eigenvalue weighted by Gasteiger charge is -2.29. The van der Waals surface area contributed by atoms with Crippen LogP contribution in [0.3, 0.4) is 0 Å². The first-order valence-electron chi connectivity index (χ1n) is 10.3. The Balaban J connectivity index is 1.54. The predicted molar refractivity (Wildman–Crippen MR) is 116 cm³/mol. The maximum Gasteiger partial charge on any atom is 0.192 e. The van der Waals surface area contributed by atoms with Crippen molar-refractivity contribution in [2.75, 3.05) is 13.2 Å². The zero-order valence-electron chi connectivity index (χ0n) is 18.0. The molecule has 0 saturated heterocycles. The van der Waals surface area contributed by atoms with Gasteiger partial charge in [0.2, 0.25) is 0 Å². The highest BCUT2D eigenvalue weighted by Gasteiger charge is 2.28. The number of ether oxygens (including phenoxy) is 1. The maximum absolute atomic E-state index is 10.8. The van der Waals surface area contributed by atoms with Crippen molar-refractivity contribution >= 4 is 5.96 Å². The number of aliphatic imine (C=N–C) groups is 1. The standard InChI is InChI=1S/C22H28N6O3/c1-15-26-27-20(28(15)3)13-23-21(24-14-22(2,29)19-9-6-11-31-19)25-17-10-12-30-18-8-5-4-7-16(17)18/h4-9,11,17,29H,10,12-14H2,1-3H3,(H2,23,24,25). The molecule has 0 bridgehead atoms. The fourth-order valence-electron chi connectivity index (χ4n) is 3.48. The first-order chi connectivity index (χ1) is 14.9. The van der Waals surface area contributed by atoms with Crippen LogP contribution >= 0.6 is 0 Å². The second kappa shape index (κ2) is 8.81. The fraction of sp³-hybridized carbons (Fsp3) is 0.409. The van der Waals surface area contributed by atoms with Gasteiger partial charge in [-0.15, -0.1) is 10.2 Å². The topological polar surface area (TPSA) is 110 Å². The molecule has 3 heterocycles. The molecule has 9 nitrogen and oxygen atoms in total. The summed E-state index contributed by atoms with van der Waals surface area (Å²) in [7, 11) is 1.91. The van der Waals surface area contributed by atoms with Crippen LogP contribution in [0.15, 0.2) is 52.1 Å². The summed E-state index contributed by atoms with van der Waals surface area (Å²) in [4.78, 5) is 4.71. The number of aryl methyl sites for hydroxylation is 1. The third-order valence-electron chi connectivity index (χ3n) is 5.48. The molecule has 0 saturated carbocycles. The summed E-state index contributed by atoms with van der Waals surface area (Å²) < 4.78 is 13.1. The van der Waals surface area contributed by atoms with Crippen molar-refractivity contribution in [2.24, 2.45) is 12.0 Å². The second-order valence-corrected chi connectivity index (χ2v) is 7.86. The van der Waals surface area contributed by atoms with E-state index in [1.54, 1.807) is 25.3 Å². The molecule has 0 spiro atoms. The van der Waals surface area contributed by atoms with Crippen molar-refractivity contribution < 1.29 is 14.3 Å². The Bertz CT molecular complexity index is 1040. The average molecular weight is 425 g/mol. The molecule has 1 aromatic carbocycles. The van der Waals surface area contributed by atoms with E-state index in [0.717, 1.165) is 29.4 Å². The van der Waals surface area contributed by atoms with Crippen LogP contribution in [0.4, 0.5) is 0 Å². The Kier molecular flexibility index (Phi) is 5.94. The highest BCUT2D eigenvalue weighted by Crippen LogP contribution is 2.31. The van der Waals surface area contributed by atoms with Crippen molar-refractivity contribution in [3.8, 4) is 5.75 Å². The smallest absolute Gasteiger partial charge is 0.192 e. The minimum Gasteiger partial charge on any atom is -0.493 e. The molecular formula is C22H28N6O3. The number of aliphatic hydroxyl groups is 1. The molecule has 2 aromatic heterocycles. The third-order valence-corrected chi connectivity index (χ3v) is 5.48. The molecule has 0 amide bonds. The Morgan fingerprint density at radius 2 is 2.13 bits per heavy atom. The molecule has 3 N–H and O–H groups in total. The summed E-state index contributed by atoms with van der Waals surface area (Å²) in [5, 5.41) is 25.9. The number of furan rings is 1. The zero-order chi connectivity index (χ0) is 21.8. The summed E-state index contributed by atoms with van der Waals surface area (Å²) in [6.45, 7) is 4.79. The van der Waals surface area contributed by atoms with Gasteiger partial charge in [-0.1, -0.05) is 18.2 Å². The Hall–Kier alpha value is -3.33. The van der Waals surface area contributed by atoms with E-state index in [0.29, 0.717) is 24.9 Å². The van der Waals surface area contributed by atoms with Gasteiger partial charge in [-0.25, -0.2) is 4.99 Å². The van der Waals surface area contributed by atoms with Gasteiger partial charge in [0, 0.05) is 19.0 Å². The fourth-order valence-corrected chi connectivity index (χ4v) is 3.48. The molecule has 9 heteroatoms. The minimum atomic E-state index is -1.19. The van der Waals surface area contributed by atoms with E-state index >= 15 is 0 Å². The SMILES string of the molecule is Cc1nnc(CN=C(NCC(C)(O)c2ccco2)NC2CCOc3ccccc32)n1C. The van der Waals surface area contributed by atoms with Crippen LogP contribution in [0.25, 0.3) is 0 Å². The number of fused-ring (bicyclic) bond motifs is 1. The maximum atomic E-state index is 10.8. The Morgan fingerprint density at radius 1 is 1.29 bits per heavy atom. The Morgan fingerprint density at radius 3 is 2.87 bits per heavy atom. The third kappa shape index (κ3) is 4.72. The van der Waals surface area contributed by atoms with E-state index in [2.05, 4.69) is 26.9 Å².